The zero-order valence-corrected chi connectivity index (χ0v) is 16.6. The van der Waals surface area contributed by atoms with Gasteiger partial charge in [0, 0.05) is 26.1 Å². The summed E-state index contributed by atoms with van der Waals surface area (Å²) >= 11 is 0. The second kappa shape index (κ2) is 9.90. The first-order valence-electron chi connectivity index (χ1n) is 9.67. The van der Waals surface area contributed by atoms with Gasteiger partial charge in [-0.05, 0) is 38.4 Å². The number of amides is 1. The van der Waals surface area contributed by atoms with Gasteiger partial charge >= 0.3 is 0 Å². The number of nitrogens with one attached hydrogen (secondary N) is 1. The highest BCUT2D eigenvalue weighted by Gasteiger charge is 2.11. The van der Waals surface area contributed by atoms with Crippen molar-refractivity contribution in [1.82, 2.24) is 19.8 Å². The minimum absolute atomic E-state index is 0.00752. The van der Waals surface area contributed by atoms with Crippen molar-refractivity contribution in [3.05, 3.63) is 60.4 Å². The Morgan fingerprint density at radius 3 is 2.64 bits per heavy atom. The van der Waals surface area contributed by atoms with E-state index in [1.165, 1.54) is 0 Å². The van der Waals surface area contributed by atoms with E-state index in [0.29, 0.717) is 26.0 Å². The van der Waals surface area contributed by atoms with Crippen LogP contribution in [0.3, 0.4) is 0 Å². The number of hydrogen-bond acceptors (Lipinski definition) is 4. The Balaban J connectivity index is 1.50. The Bertz CT molecular complexity index is 890. The molecule has 3 aromatic rings. The second-order valence-electron chi connectivity index (χ2n) is 6.98. The molecule has 0 unspecified atom stereocenters. The molecule has 0 saturated carbocycles. The summed E-state index contributed by atoms with van der Waals surface area (Å²) in [5.74, 6) is 1.78. The third kappa shape index (κ3) is 5.57. The molecule has 0 saturated heterocycles. The number of carbonyl (C=O) groups excluding carboxylic acids is 1. The highest BCUT2D eigenvalue weighted by Crippen LogP contribution is 2.16. The van der Waals surface area contributed by atoms with Gasteiger partial charge in [-0.3, -0.25) is 4.79 Å². The number of rotatable bonds is 10. The van der Waals surface area contributed by atoms with Gasteiger partial charge in [0.25, 0.3) is 0 Å². The normalized spacial score (nSPS) is 11.1. The molecule has 0 atom stereocenters. The maximum absolute atomic E-state index is 12.1. The zero-order valence-electron chi connectivity index (χ0n) is 16.6. The number of hydrogen-bond donors (Lipinski definition) is 1. The molecule has 1 N–H and O–H groups in total. The Kier molecular flexibility index (Phi) is 7.03. The quantitative estimate of drug-likeness (QED) is 0.588. The van der Waals surface area contributed by atoms with Gasteiger partial charge in [0.05, 0.1) is 24.1 Å². The van der Waals surface area contributed by atoms with Crippen LogP contribution >= 0.6 is 0 Å². The fourth-order valence-corrected chi connectivity index (χ4v) is 3.05. The van der Waals surface area contributed by atoms with Crippen molar-refractivity contribution >= 4 is 16.9 Å². The van der Waals surface area contributed by atoms with E-state index in [1.54, 1.807) is 0 Å². The number of fused-ring (bicyclic) bond motifs is 1. The van der Waals surface area contributed by atoms with Crippen molar-refractivity contribution in [2.24, 2.45) is 0 Å². The van der Waals surface area contributed by atoms with Crippen LogP contribution < -0.4 is 10.1 Å². The highest BCUT2D eigenvalue weighted by molar-refractivity contribution is 5.76. The van der Waals surface area contributed by atoms with Crippen LogP contribution in [0, 0.1) is 0 Å². The van der Waals surface area contributed by atoms with Crippen LogP contribution in [-0.2, 0) is 17.8 Å². The van der Waals surface area contributed by atoms with E-state index in [4.69, 9.17) is 9.72 Å². The number of para-hydroxylation sites is 3. The van der Waals surface area contributed by atoms with Gasteiger partial charge in [-0.2, -0.15) is 0 Å². The van der Waals surface area contributed by atoms with Crippen LogP contribution in [0.2, 0.25) is 0 Å². The summed E-state index contributed by atoms with van der Waals surface area (Å²) in [5, 5.41) is 2.97. The lowest BCUT2D eigenvalue weighted by molar-refractivity contribution is -0.121. The third-order valence-electron chi connectivity index (χ3n) is 4.52. The van der Waals surface area contributed by atoms with Crippen LogP contribution in [0.15, 0.2) is 54.6 Å². The van der Waals surface area contributed by atoms with Gasteiger partial charge < -0.3 is 19.5 Å². The van der Waals surface area contributed by atoms with Crippen LogP contribution in [-0.4, -0.2) is 54.1 Å². The van der Waals surface area contributed by atoms with Crippen LogP contribution in [0.1, 0.15) is 12.2 Å². The van der Waals surface area contributed by atoms with Gasteiger partial charge in [0.15, 0.2) is 0 Å². The molecule has 2 aromatic carbocycles. The van der Waals surface area contributed by atoms with Crippen molar-refractivity contribution in [3.8, 4) is 5.75 Å². The van der Waals surface area contributed by atoms with E-state index in [-0.39, 0.29) is 5.91 Å². The Labute approximate surface area is 166 Å². The van der Waals surface area contributed by atoms with Gasteiger partial charge in [-0.15, -0.1) is 0 Å². The molecule has 0 bridgehead atoms. The molecule has 6 heteroatoms. The number of imidazole rings is 1. The Morgan fingerprint density at radius 2 is 1.86 bits per heavy atom. The number of nitrogens with zero attached hydrogens (tertiary/aromatic N) is 3. The number of carbonyl (C=O) groups is 1. The summed E-state index contributed by atoms with van der Waals surface area (Å²) in [6.07, 6.45) is 1.04. The molecule has 0 aliphatic carbocycles. The van der Waals surface area contributed by atoms with Crippen LogP contribution in [0.4, 0.5) is 0 Å². The lowest BCUT2D eigenvalue weighted by atomic mass is 10.3. The standard InChI is InChI=1S/C22H28N4O2/c1-25(2)15-16-26-20-11-7-6-10-19(20)24-21(26)12-14-23-22(27)13-17-28-18-8-4-3-5-9-18/h3-11H,12-17H2,1-2H3,(H,23,27). The van der Waals surface area contributed by atoms with Crippen molar-refractivity contribution in [3.63, 3.8) is 0 Å². The lowest BCUT2D eigenvalue weighted by Gasteiger charge is -2.13. The molecule has 0 fully saturated rings. The summed E-state index contributed by atoms with van der Waals surface area (Å²) in [7, 11) is 4.13. The molecule has 0 aliphatic rings. The summed E-state index contributed by atoms with van der Waals surface area (Å²) < 4.78 is 7.82. The fraction of sp³-hybridized carbons (Fsp3) is 0.364. The van der Waals surface area contributed by atoms with Gasteiger partial charge in [-0.1, -0.05) is 30.3 Å². The summed E-state index contributed by atoms with van der Waals surface area (Å²) in [6.45, 7) is 2.75. The smallest absolute Gasteiger partial charge is 0.223 e. The van der Waals surface area contributed by atoms with Crippen molar-refractivity contribution < 1.29 is 9.53 Å². The molecule has 0 spiro atoms. The molecule has 3 rings (SSSR count). The largest absolute Gasteiger partial charge is 0.493 e. The zero-order chi connectivity index (χ0) is 19.8. The minimum Gasteiger partial charge on any atom is -0.493 e. The summed E-state index contributed by atoms with van der Waals surface area (Å²) in [6, 6.07) is 17.7. The lowest BCUT2D eigenvalue weighted by Crippen LogP contribution is -2.28. The number of aromatic nitrogens is 2. The highest BCUT2D eigenvalue weighted by atomic mass is 16.5. The summed E-state index contributed by atoms with van der Waals surface area (Å²) in [5.41, 5.74) is 2.14. The Morgan fingerprint density at radius 1 is 1.11 bits per heavy atom. The van der Waals surface area contributed by atoms with Gasteiger partial charge in [0.1, 0.15) is 11.6 Å². The van der Waals surface area contributed by atoms with Crippen molar-refractivity contribution in [1.29, 1.82) is 0 Å². The Hall–Kier alpha value is -2.86. The van der Waals surface area contributed by atoms with E-state index in [9.17, 15) is 4.79 Å². The third-order valence-corrected chi connectivity index (χ3v) is 4.52. The van der Waals surface area contributed by atoms with E-state index >= 15 is 0 Å². The second-order valence-corrected chi connectivity index (χ2v) is 6.98. The molecule has 1 amide bonds. The molecule has 0 aliphatic heterocycles. The van der Waals surface area contributed by atoms with Crippen molar-refractivity contribution in [2.75, 3.05) is 33.8 Å². The fourth-order valence-electron chi connectivity index (χ4n) is 3.05. The van der Waals surface area contributed by atoms with E-state index in [2.05, 4.69) is 34.9 Å². The summed E-state index contributed by atoms with van der Waals surface area (Å²) in [4.78, 5) is 19.0. The number of ether oxygens (including phenoxy) is 1. The predicted octanol–water partition coefficient (Wildman–Crippen LogP) is 2.73. The average Bonchev–Trinajstić information content (AvgIpc) is 3.04. The van der Waals surface area contributed by atoms with Crippen molar-refractivity contribution in [2.45, 2.75) is 19.4 Å². The first-order valence-corrected chi connectivity index (χ1v) is 9.67. The SMILES string of the molecule is CN(C)CCn1c(CCNC(=O)CCOc2ccccc2)nc2ccccc21. The first-order chi connectivity index (χ1) is 13.6. The van der Waals surface area contributed by atoms with E-state index < -0.39 is 0 Å². The first kappa shape index (κ1) is 19.9. The minimum atomic E-state index is -0.00752. The molecule has 0 radical (unpaired) electrons. The van der Waals surface area contributed by atoms with E-state index in [0.717, 1.165) is 35.7 Å². The molecule has 1 heterocycles. The predicted molar refractivity (Wildman–Crippen MR) is 112 cm³/mol. The average molecular weight is 380 g/mol. The van der Waals surface area contributed by atoms with Crippen LogP contribution in [0.25, 0.3) is 11.0 Å². The molecular weight excluding hydrogens is 352 g/mol. The molecule has 28 heavy (non-hydrogen) atoms. The van der Waals surface area contributed by atoms with Crippen LogP contribution in [0.5, 0.6) is 5.75 Å². The van der Waals surface area contributed by atoms with Gasteiger partial charge in [0.2, 0.25) is 5.91 Å². The maximum atomic E-state index is 12.1. The molecular formula is C22H28N4O2. The topological polar surface area (TPSA) is 59.4 Å². The monoisotopic (exact) mass is 380 g/mol. The van der Waals surface area contributed by atoms with E-state index in [1.807, 2.05) is 48.5 Å². The number of benzene rings is 2. The number of likely N-dealkylation sites (N-methyl/N-ethyl adjacent to an activating group) is 1. The molecule has 1 aromatic heterocycles. The molecule has 148 valence electrons. The molecule has 6 nitrogen and oxygen atoms in total. The maximum Gasteiger partial charge on any atom is 0.223 e. The van der Waals surface area contributed by atoms with Gasteiger partial charge in [-0.25, -0.2) is 4.98 Å².